The van der Waals surface area contributed by atoms with Crippen molar-refractivity contribution in [2.24, 2.45) is 0 Å². The van der Waals surface area contributed by atoms with Crippen LogP contribution in [0.3, 0.4) is 0 Å². The molecule has 0 aliphatic heterocycles. The molecule has 0 saturated carbocycles. The fourth-order valence-corrected chi connectivity index (χ4v) is 5.68. The molecule has 0 atom stereocenters. The average molecular weight is 496 g/mol. The van der Waals surface area contributed by atoms with Gasteiger partial charge in [0.1, 0.15) is 4.90 Å². The number of rotatable bonds is 9. The Hall–Kier alpha value is -1.97. The number of hydrogen-bond acceptors (Lipinski definition) is 4. The van der Waals surface area contributed by atoms with Crippen LogP contribution < -0.4 is 4.72 Å². The van der Waals surface area contributed by atoms with E-state index in [4.69, 9.17) is 11.6 Å². The normalized spacial score (nSPS) is 12.5. The maximum Gasteiger partial charge on any atom is 0.295 e. The molecular weight excluding hydrogens is 470 g/mol. The molecule has 0 radical (unpaired) electrons. The predicted molar refractivity (Wildman–Crippen MR) is 127 cm³/mol. The first-order valence-corrected chi connectivity index (χ1v) is 13.6. The maximum absolute atomic E-state index is 12.4. The molecule has 0 spiro atoms. The van der Waals surface area contributed by atoms with Crippen LogP contribution in [-0.2, 0) is 26.6 Å². The molecule has 0 heterocycles. The zero-order valence-corrected chi connectivity index (χ0v) is 20.3. The molecule has 0 fully saturated rings. The van der Waals surface area contributed by atoms with E-state index in [0.717, 1.165) is 16.7 Å². The summed E-state index contributed by atoms with van der Waals surface area (Å²) in [6.07, 6.45) is 1.76. The van der Waals surface area contributed by atoms with Crippen molar-refractivity contribution in [1.82, 2.24) is 4.72 Å². The molecule has 0 saturated heterocycles. The highest BCUT2D eigenvalue weighted by atomic mass is 35.5. The van der Waals surface area contributed by atoms with Crippen LogP contribution >= 0.6 is 11.6 Å². The molecule has 1 aromatic rings. The second-order valence-electron chi connectivity index (χ2n) is 7.93. The Morgan fingerprint density at radius 3 is 2.25 bits per heavy atom. The highest BCUT2D eigenvalue weighted by Crippen LogP contribution is 2.40. The van der Waals surface area contributed by atoms with E-state index in [9.17, 15) is 21.4 Å². The smallest absolute Gasteiger partial charge is 0.282 e. The van der Waals surface area contributed by atoms with Crippen molar-refractivity contribution in [3.8, 4) is 11.1 Å². The Labute approximate surface area is 194 Å². The molecule has 2 aliphatic rings. The lowest BCUT2D eigenvalue weighted by molar-refractivity contribution is 0.483. The first-order chi connectivity index (χ1) is 15.0. The molecule has 2 N–H and O–H groups in total. The van der Waals surface area contributed by atoms with E-state index in [-0.39, 0.29) is 22.3 Å². The van der Waals surface area contributed by atoms with Crippen molar-refractivity contribution in [2.45, 2.75) is 48.8 Å². The summed E-state index contributed by atoms with van der Waals surface area (Å²) >= 11 is 5.81. The summed E-state index contributed by atoms with van der Waals surface area (Å²) in [5, 5.41) is 0.462. The number of unbranched alkanes of at least 4 members (excludes halogenated alkanes) is 1. The summed E-state index contributed by atoms with van der Waals surface area (Å²) < 4.78 is 61.0. The second kappa shape index (κ2) is 9.89. The summed E-state index contributed by atoms with van der Waals surface area (Å²) in [5.74, 6) is 0.159. The number of benzene rings is 1. The van der Waals surface area contributed by atoms with Crippen LogP contribution in [0.25, 0.3) is 11.1 Å². The molecule has 2 aliphatic carbocycles. The first kappa shape index (κ1) is 24.7. The number of fused-ring (bicyclic) bond motifs is 1. The van der Waals surface area contributed by atoms with Crippen molar-refractivity contribution in [1.29, 1.82) is 0 Å². The molecule has 0 unspecified atom stereocenters. The van der Waals surface area contributed by atoms with Crippen LogP contribution in [0.2, 0.25) is 5.02 Å². The Kier molecular flexibility index (Phi) is 7.62. The quantitative estimate of drug-likeness (QED) is 0.317. The Balaban J connectivity index is 1.74. The van der Waals surface area contributed by atoms with Gasteiger partial charge in [0.05, 0.1) is 4.90 Å². The summed E-state index contributed by atoms with van der Waals surface area (Å²) in [4.78, 5) is 0.0554. The van der Waals surface area contributed by atoms with Crippen LogP contribution in [0.4, 0.5) is 0 Å². The minimum absolute atomic E-state index is 0.0935. The first-order valence-electron chi connectivity index (χ1n) is 10.3. The van der Waals surface area contributed by atoms with Crippen molar-refractivity contribution in [2.75, 3.05) is 6.54 Å². The molecule has 1 aromatic carbocycles. The van der Waals surface area contributed by atoms with Crippen LogP contribution in [0.15, 0.2) is 64.4 Å². The fraction of sp³-hybridized carbons (Fsp3) is 0.304. The van der Waals surface area contributed by atoms with Gasteiger partial charge >= 0.3 is 0 Å². The fourth-order valence-electron chi connectivity index (χ4n) is 3.74. The van der Waals surface area contributed by atoms with Gasteiger partial charge in [0, 0.05) is 17.1 Å². The SMILES string of the molecule is CC(C)c1ccccc2c(S(=O)(=O)O)cc(CCCCNS(=O)(=O)c3ccc(Cl)cc3)c1-2. The van der Waals surface area contributed by atoms with Gasteiger partial charge in [-0.05, 0) is 72.2 Å². The van der Waals surface area contributed by atoms with Gasteiger partial charge in [0.2, 0.25) is 10.0 Å². The number of hydrogen-bond donors (Lipinski definition) is 2. The largest absolute Gasteiger partial charge is 0.295 e. The Morgan fingerprint density at radius 1 is 0.969 bits per heavy atom. The van der Waals surface area contributed by atoms with Crippen LogP contribution in [0, 0.1) is 0 Å². The molecule has 6 nitrogen and oxygen atoms in total. The molecule has 9 heteroatoms. The van der Waals surface area contributed by atoms with Gasteiger partial charge < -0.3 is 0 Å². The van der Waals surface area contributed by atoms with Crippen molar-refractivity contribution in [3.05, 3.63) is 70.7 Å². The minimum Gasteiger partial charge on any atom is -0.282 e. The number of aryl methyl sites for hydroxylation is 1. The number of halogens is 1. The summed E-state index contributed by atoms with van der Waals surface area (Å²) in [7, 11) is -7.99. The molecule has 32 heavy (non-hydrogen) atoms. The van der Waals surface area contributed by atoms with Gasteiger partial charge in [-0.15, -0.1) is 0 Å². The Morgan fingerprint density at radius 2 is 1.62 bits per heavy atom. The van der Waals surface area contributed by atoms with E-state index in [0.29, 0.717) is 29.8 Å². The highest BCUT2D eigenvalue weighted by molar-refractivity contribution is 7.89. The summed E-state index contributed by atoms with van der Waals surface area (Å²) in [5.41, 5.74) is 3.16. The van der Waals surface area contributed by atoms with Gasteiger partial charge in [0.15, 0.2) is 0 Å². The van der Waals surface area contributed by atoms with Gasteiger partial charge in [-0.25, -0.2) is 13.1 Å². The third kappa shape index (κ3) is 5.68. The number of nitrogens with one attached hydrogen (secondary N) is 1. The van der Waals surface area contributed by atoms with Crippen LogP contribution in [-0.4, -0.2) is 27.9 Å². The Bertz CT molecular complexity index is 1270. The van der Waals surface area contributed by atoms with E-state index in [1.807, 2.05) is 26.0 Å². The third-order valence-corrected chi connectivity index (χ3v) is 7.91. The second-order valence-corrected chi connectivity index (χ2v) is 11.5. The molecular formula is C23H26ClNO5S2. The maximum atomic E-state index is 12.4. The van der Waals surface area contributed by atoms with Gasteiger partial charge in [0.25, 0.3) is 10.1 Å². The molecule has 3 rings (SSSR count). The predicted octanol–water partition coefficient (Wildman–Crippen LogP) is 5.12. The zero-order chi connectivity index (χ0) is 23.5. The lowest BCUT2D eigenvalue weighted by atomic mass is 9.93. The topological polar surface area (TPSA) is 101 Å². The zero-order valence-electron chi connectivity index (χ0n) is 17.9. The van der Waals surface area contributed by atoms with Gasteiger partial charge in [-0.2, -0.15) is 8.42 Å². The monoisotopic (exact) mass is 495 g/mol. The lowest BCUT2D eigenvalue weighted by Gasteiger charge is -2.12. The van der Waals surface area contributed by atoms with Crippen LogP contribution in [0.5, 0.6) is 0 Å². The molecule has 0 bridgehead atoms. The van der Waals surface area contributed by atoms with E-state index >= 15 is 0 Å². The third-order valence-electron chi connectivity index (χ3n) is 5.29. The van der Waals surface area contributed by atoms with Crippen LogP contribution in [0.1, 0.15) is 43.7 Å². The van der Waals surface area contributed by atoms with Gasteiger partial charge in [-0.3, -0.25) is 4.55 Å². The number of sulfonamides is 1. The highest BCUT2D eigenvalue weighted by Gasteiger charge is 2.25. The van der Waals surface area contributed by atoms with E-state index in [1.54, 1.807) is 12.1 Å². The average Bonchev–Trinajstić information content (AvgIpc) is 2.92. The van der Waals surface area contributed by atoms with Crippen molar-refractivity contribution < 1.29 is 21.4 Å². The molecule has 0 aromatic heterocycles. The standard InChI is InChI=1S/C23H26ClNO5S2/c1-16(2)20-8-3-4-9-21-22(32(28,29)30)15-17(23(20)21)7-5-6-14-25-31(26,27)19-12-10-18(24)11-13-19/h3-4,8-13,15-16,25H,5-7,14H2,1-2H3,(H,28,29,30). The minimum atomic E-state index is -4.37. The van der Waals surface area contributed by atoms with E-state index in [1.165, 1.54) is 30.3 Å². The van der Waals surface area contributed by atoms with Crippen molar-refractivity contribution >= 4 is 31.7 Å². The summed E-state index contributed by atoms with van der Waals surface area (Å²) in [6, 6.07) is 14.8. The molecule has 172 valence electrons. The molecule has 0 amide bonds. The van der Waals surface area contributed by atoms with E-state index in [2.05, 4.69) is 4.72 Å². The van der Waals surface area contributed by atoms with Crippen molar-refractivity contribution in [3.63, 3.8) is 0 Å². The van der Waals surface area contributed by atoms with E-state index < -0.39 is 20.1 Å². The van der Waals surface area contributed by atoms with Gasteiger partial charge in [-0.1, -0.05) is 49.7 Å². The summed E-state index contributed by atoms with van der Waals surface area (Å²) in [6.45, 7) is 4.31. The lowest BCUT2D eigenvalue weighted by Crippen LogP contribution is -2.24.